The van der Waals surface area contributed by atoms with E-state index >= 15 is 0 Å². The van der Waals surface area contributed by atoms with Crippen molar-refractivity contribution in [3.05, 3.63) is 18.0 Å². The Labute approximate surface area is 131 Å². The number of aryl methyl sites for hydroxylation is 1. The maximum absolute atomic E-state index is 4.78. The zero-order valence-electron chi connectivity index (χ0n) is 14.9. The molecule has 3 nitrogen and oxygen atoms in total. The second kappa shape index (κ2) is 8.57. The number of aromatic nitrogens is 2. The van der Waals surface area contributed by atoms with Crippen LogP contribution in [0, 0.1) is 5.41 Å². The van der Waals surface area contributed by atoms with E-state index in [-0.39, 0.29) is 0 Å². The summed E-state index contributed by atoms with van der Waals surface area (Å²) in [6, 6.07) is 3.30. The highest BCUT2D eigenvalue weighted by Gasteiger charge is 2.23. The van der Waals surface area contributed by atoms with Crippen LogP contribution < -0.4 is 5.32 Å². The summed E-state index contributed by atoms with van der Waals surface area (Å²) in [6.07, 6.45) is 7.87. The molecule has 1 rings (SSSR count). The van der Waals surface area contributed by atoms with E-state index in [0.717, 1.165) is 32.2 Å². The standard InChI is InChI=1S/C18H35N3/c1-7-13-19-17(18(4,5)6)11-10-15-12-14-21(20-15)16(8-2)9-3/h12,14,16-17,19H,7-11,13H2,1-6H3. The average molecular weight is 293 g/mol. The monoisotopic (exact) mass is 293 g/mol. The van der Waals surface area contributed by atoms with Gasteiger partial charge in [-0.15, -0.1) is 0 Å². The van der Waals surface area contributed by atoms with Crippen molar-refractivity contribution >= 4 is 0 Å². The lowest BCUT2D eigenvalue weighted by atomic mass is 9.83. The first-order valence-corrected chi connectivity index (χ1v) is 8.69. The van der Waals surface area contributed by atoms with Crippen molar-refractivity contribution in [2.24, 2.45) is 5.41 Å². The lowest BCUT2D eigenvalue weighted by molar-refractivity contribution is 0.254. The van der Waals surface area contributed by atoms with Crippen LogP contribution in [0.15, 0.2) is 12.3 Å². The average Bonchev–Trinajstić information content (AvgIpc) is 2.87. The molecule has 1 N–H and O–H groups in total. The van der Waals surface area contributed by atoms with Crippen LogP contribution in [0.3, 0.4) is 0 Å². The fourth-order valence-electron chi connectivity index (χ4n) is 2.83. The molecule has 1 aromatic rings. The number of hydrogen-bond acceptors (Lipinski definition) is 2. The molecule has 0 saturated carbocycles. The molecular formula is C18H35N3. The third-order valence-corrected chi connectivity index (χ3v) is 4.36. The largest absolute Gasteiger partial charge is 0.313 e. The minimum atomic E-state index is 0.299. The first-order chi connectivity index (χ1) is 9.92. The second-order valence-electron chi connectivity index (χ2n) is 7.17. The summed E-state index contributed by atoms with van der Waals surface area (Å²) in [7, 11) is 0. The Morgan fingerprint density at radius 2 is 1.86 bits per heavy atom. The SMILES string of the molecule is CCCNC(CCc1ccn(C(CC)CC)n1)C(C)(C)C. The molecule has 1 heterocycles. The van der Waals surface area contributed by atoms with E-state index in [4.69, 9.17) is 5.10 Å². The molecule has 1 aromatic heterocycles. The minimum absolute atomic E-state index is 0.299. The van der Waals surface area contributed by atoms with E-state index < -0.39 is 0 Å². The van der Waals surface area contributed by atoms with Gasteiger partial charge in [0.25, 0.3) is 0 Å². The van der Waals surface area contributed by atoms with E-state index in [9.17, 15) is 0 Å². The van der Waals surface area contributed by atoms with Crippen LogP contribution in [0.5, 0.6) is 0 Å². The number of rotatable bonds is 9. The first-order valence-electron chi connectivity index (χ1n) is 8.69. The zero-order valence-corrected chi connectivity index (χ0v) is 14.9. The molecular weight excluding hydrogens is 258 g/mol. The van der Waals surface area contributed by atoms with Gasteiger partial charge in [0, 0.05) is 12.2 Å². The van der Waals surface area contributed by atoms with Gasteiger partial charge in [0.15, 0.2) is 0 Å². The Balaban J connectivity index is 2.59. The fraction of sp³-hybridized carbons (Fsp3) is 0.833. The summed E-state index contributed by atoms with van der Waals surface area (Å²) in [5.74, 6) is 0. The van der Waals surface area contributed by atoms with Gasteiger partial charge in [-0.25, -0.2) is 0 Å². The number of hydrogen-bond donors (Lipinski definition) is 1. The second-order valence-corrected chi connectivity index (χ2v) is 7.17. The lowest BCUT2D eigenvalue weighted by Gasteiger charge is -2.31. The van der Waals surface area contributed by atoms with Crippen molar-refractivity contribution < 1.29 is 0 Å². The van der Waals surface area contributed by atoms with Gasteiger partial charge in [-0.05, 0) is 50.1 Å². The molecule has 0 spiro atoms. The quantitative estimate of drug-likeness (QED) is 0.721. The molecule has 21 heavy (non-hydrogen) atoms. The molecule has 0 aliphatic rings. The Hall–Kier alpha value is -0.830. The summed E-state index contributed by atoms with van der Waals surface area (Å²) in [5.41, 5.74) is 1.53. The highest BCUT2D eigenvalue weighted by atomic mass is 15.3. The minimum Gasteiger partial charge on any atom is -0.313 e. The summed E-state index contributed by atoms with van der Waals surface area (Å²) in [6.45, 7) is 14.8. The van der Waals surface area contributed by atoms with Crippen molar-refractivity contribution in [2.75, 3.05) is 6.54 Å². The summed E-state index contributed by atoms with van der Waals surface area (Å²) >= 11 is 0. The molecule has 1 unspecified atom stereocenters. The predicted molar refractivity (Wildman–Crippen MR) is 91.7 cm³/mol. The lowest BCUT2D eigenvalue weighted by Crippen LogP contribution is -2.41. The third-order valence-electron chi connectivity index (χ3n) is 4.36. The maximum Gasteiger partial charge on any atom is 0.0625 e. The molecule has 0 aliphatic carbocycles. The van der Waals surface area contributed by atoms with Crippen LogP contribution in [0.1, 0.15) is 79.0 Å². The molecule has 0 radical (unpaired) electrons. The van der Waals surface area contributed by atoms with E-state index in [2.05, 4.69) is 63.8 Å². The predicted octanol–water partition coefficient (Wildman–Crippen LogP) is 4.59. The topological polar surface area (TPSA) is 29.9 Å². The molecule has 0 aromatic carbocycles. The van der Waals surface area contributed by atoms with Crippen molar-refractivity contribution in [3.8, 4) is 0 Å². The van der Waals surface area contributed by atoms with Gasteiger partial charge in [0.2, 0.25) is 0 Å². The number of nitrogens with zero attached hydrogens (tertiary/aromatic N) is 2. The molecule has 0 aliphatic heterocycles. The van der Waals surface area contributed by atoms with Crippen molar-refractivity contribution in [1.29, 1.82) is 0 Å². The molecule has 3 heteroatoms. The third kappa shape index (κ3) is 5.82. The fourth-order valence-corrected chi connectivity index (χ4v) is 2.83. The Kier molecular flexibility index (Phi) is 7.44. The number of nitrogens with one attached hydrogen (secondary N) is 1. The van der Waals surface area contributed by atoms with Gasteiger partial charge in [-0.1, -0.05) is 41.5 Å². The summed E-state index contributed by atoms with van der Waals surface area (Å²) < 4.78 is 2.15. The van der Waals surface area contributed by atoms with Gasteiger partial charge < -0.3 is 5.32 Å². The van der Waals surface area contributed by atoms with Crippen LogP contribution >= 0.6 is 0 Å². The summed E-state index contributed by atoms with van der Waals surface area (Å²) in [4.78, 5) is 0. The molecule has 0 amide bonds. The van der Waals surface area contributed by atoms with E-state index in [0.29, 0.717) is 17.5 Å². The van der Waals surface area contributed by atoms with Crippen molar-refractivity contribution in [1.82, 2.24) is 15.1 Å². The van der Waals surface area contributed by atoms with Gasteiger partial charge in [-0.3, -0.25) is 4.68 Å². The van der Waals surface area contributed by atoms with Crippen LogP contribution in [0.2, 0.25) is 0 Å². The Morgan fingerprint density at radius 1 is 1.19 bits per heavy atom. The van der Waals surface area contributed by atoms with E-state index in [1.165, 1.54) is 12.1 Å². The van der Waals surface area contributed by atoms with Gasteiger partial charge in [0.1, 0.15) is 0 Å². The van der Waals surface area contributed by atoms with Gasteiger partial charge in [0.05, 0.1) is 11.7 Å². The maximum atomic E-state index is 4.78. The van der Waals surface area contributed by atoms with Crippen LogP contribution in [-0.2, 0) is 6.42 Å². The van der Waals surface area contributed by atoms with Crippen LogP contribution in [-0.4, -0.2) is 22.4 Å². The van der Waals surface area contributed by atoms with E-state index in [1.807, 2.05) is 0 Å². The Morgan fingerprint density at radius 3 is 2.38 bits per heavy atom. The van der Waals surface area contributed by atoms with Gasteiger partial charge >= 0.3 is 0 Å². The van der Waals surface area contributed by atoms with Crippen LogP contribution in [0.25, 0.3) is 0 Å². The van der Waals surface area contributed by atoms with Crippen molar-refractivity contribution in [3.63, 3.8) is 0 Å². The highest BCUT2D eigenvalue weighted by molar-refractivity contribution is 5.01. The van der Waals surface area contributed by atoms with E-state index in [1.54, 1.807) is 0 Å². The van der Waals surface area contributed by atoms with Gasteiger partial charge in [-0.2, -0.15) is 5.10 Å². The molecule has 1 atom stereocenters. The van der Waals surface area contributed by atoms with Crippen LogP contribution in [0.4, 0.5) is 0 Å². The Bertz CT molecular complexity index is 385. The summed E-state index contributed by atoms with van der Waals surface area (Å²) in [5, 5.41) is 8.47. The van der Waals surface area contributed by atoms with Crippen molar-refractivity contribution in [2.45, 2.75) is 85.7 Å². The molecule has 0 fully saturated rings. The molecule has 0 saturated heterocycles. The molecule has 122 valence electrons. The first kappa shape index (κ1) is 18.2. The zero-order chi connectivity index (χ0) is 15.9. The normalized spacial score (nSPS) is 13.9. The molecule has 0 bridgehead atoms. The highest BCUT2D eigenvalue weighted by Crippen LogP contribution is 2.23. The smallest absolute Gasteiger partial charge is 0.0625 e.